The molecule has 1 unspecified atom stereocenters. The second kappa shape index (κ2) is 8.19. The fourth-order valence-electron chi connectivity index (χ4n) is 2.33. The van der Waals surface area contributed by atoms with Crippen molar-refractivity contribution in [2.24, 2.45) is 0 Å². The smallest absolute Gasteiger partial charge is 0.269 e. The van der Waals surface area contributed by atoms with E-state index in [9.17, 15) is 19.3 Å². The fourth-order valence-corrected chi connectivity index (χ4v) is 2.33. The largest absolute Gasteiger partial charge is 0.352 e. The van der Waals surface area contributed by atoms with Crippen molar-refractivity contribution in [1.29, 1.82) is 0 Å². The summed E-state index contributed by atoms with van der Waals surface area (Å²) in [6.07, 6.45) is 1.01. The summed E-state index contributed by atoms with van der Waals surface area (Å²) in [4.78, 5) is 22.1. The molecule has 0 radical (unpaired) electrons. The summed E-state index contributed by atoms with van der Waals surface area (Å²) >= 11 is 0. The van der Waals surface area contributed by atoms with Crippen LogP contribution in [0.3, 0.4) is 0 Å². The number of carbonyl (C=O) groups is 1. The third kappa shape index (κ3) is 5.15. The van der Waals surface area contributed by atoms with E-state index in [1.54, 1.807) is 24.3 Å². The normalized spacial score (nSPS) is 11.8. The van der Waals surface area contributed by atoms with Gasteiger partial charge in [-0.25, -0.2) is 4.39 Å². The maximum absolute atomic E-state index is 12.8. The third-order valence-corrected chi connectivity index (χ3v) is 3.88. The molecule has 5 nitrogen and oxygen atoms in total. The Morgan fingerprint density at radius 3 is 2.38 bits per heavy atom. The highest BCUT2D eigenvalue weighted by Crippen LogP contribution is 2.23. The zero-order valence-corrected chi connectivity index (χ0v) is 13.4. The maximum Gasteiger partial charge on any atom is 0.269 e. The first-order chi connectivity index (χ1) is 11.5. The number of nitro groups is 1. The van der Waals surface area contributed by atoms with Crippen LogP contribution in [0.15, 0.2) is 48.5 Å². The van der Waals surface area contributed by atoms with E-state index in [0.717, 1.165) is 11.1 Å². The number of amides is 1. The van der Waals surface area contributed by atoms with Crippen molar-refractivity contribution >= 4 is 11.6 Å². The minimum absolute atomic E-state index is 0.0583. The van der Waals surface area contributed by atoms with Gasteiger partial charge in [-0.05, 0) is 35.6 Å². The Morgan fingerprint density at radius 1 is 1.17 bits per heavy atom. The van der Waals surface area contributed by atoms with Gasteiger partial charge in [-0.3, -0.25) is 14.9 Å². The van der Waals surface area contributed by atoms with E-state index >= 15 is 0 Å². The SMILES string of the molecule is CC(CCC(=O)NCc1ccc(F)cc1)c1ccc([N+](=O)[O-])cc1. The third-order valence-electron chi connectivity index (χ3n) is 3.88. The molecule has 24 heavy (non-hydrogen) atoms. The molecule has 6 heteroatoms. The van der Waals surface area contributed by atoms with Crippen LogP contribution in [-0.2, 0) is 11.3 Å². The van der Waals surface area contributed by atoms with Crippen LogP contribution in [-0.4, -0.2) is 10.8 Å². The molecule has 1 atom stereocenters. The van der Waals surface area contributed by atoms with Crippen molar-refractivity contribution in [3.63, 3.8) is 0 Å². The fraction of sp³-hybridized carbons (Fsp3) is 0.278. The number of nitrogens with zero attached hydrogens (tertiary/aromatic N) is 1. The van der Waals surface area contributed by atoms with Crippen LogP contribution in [0.4, 0.5) is 10.1 Å². The van der Waals surface area contributed by atoms with Crippen molar-refractivity contribution in [2.75, 3.05) is 0 Å². The van der Waals surface area contributed by atoms with Crippen molar-refractivity contribution in [1.82, 2.24) is 5.32 Å². The zero-order valence-electron chi connectivity index (χ0n) is 13.4. The average molecular weight is 330 g/mol. The number of carbonyl (C=O) groups excluding carboxylic acids is 1. The van der Waals surface area contributed by atoms with Crippen LogP contribution < -0.4 is 5.32 Å². The molecule has 0 aliphatic rings. The predicted molar refractivity (Wildman–Crippen MR) is 89.0 cm³/mol. The number of rotatable bonds is 7. The van der Waals surface area contributed by atoms with E-state index in [-0.39, 0.29) is 23.3 Å². The van der Waals surface area contributed by atoms with Crippen LogP contribution in [0.25, 0.3) is 0 Å². The second-order valence-electron chi connectivity index (χ2n) is 5.69. The topological polar surface area (TPSA) is 72.2 Å². The molecule has 0 spiro atoms. The molecule has 2 rings (SSSR count). The Morgan fingerprint density at radius 2 is 1.79 bits per heavy atom. The Bertz CT molecular complexity index is 699. The van der Waals surface area contributed by atoms with Gasteiger partial charge in [0.15, 0.2) is 0 Å². The highest BCUT2D eigenvalue weighted by atomic mass is 19.1. The molecule has 126 valence electrons. The molecule has 0 aliphatic heterocycles. The Kier molecular flexibility index (Phi) is 6.01. The molecule has 1 N–H and O–H groups in total. The van der Waals surface area contributed by atoms with E-state index in [1.807, 2.05) is 6.92 Å². The average Bonchev–Trinajstić information content (AvgIpc) is 2.59. The molecule has 0 aromatic heterocycles. The van der Waals surface area contributed by atoms with Gasteiger partial charge >= 0.3 is 0 Å². The van der Waals surface area contributed by atoms with Crippen LogP contribution in [0, 0.1) is 15.9 Å². The van der Waals surface area contributed by atoms with Crippen LogP contribution in [0.1, 0.15) is 36.8 Å². The molecule has 0 bridgehead atoms. The zero-order chi connectivity index (χ0) is 17.5. The lowest BCUT2D eigenvalue weighted by Crippen LogP contribution is -2.22. The van der Waals surface area contributed by atoms with Crippen LogP contribution in [0.5, 0.6) is 0 Å². The lowest BCUT2D eigenvalue weighted by atomic mass is 9.96. The number of hydrogen-bond donors (Lipinski definition) is 1. The first-order valence-electron chi connectivity index (χ1n) is 7.71. The lowest BCUT2D eigenvalue weighted by molar-refractivity contribution is -0.384. The van der Waals surface area contributed by atoms with Crippen molar-refractivity contribution in [3.05, 3.63) is 75.6 Å². The van der Waals surface area contributed by atoms with Crippen LogP contribution >= 0.6 is 0 Å². The summed E-state index contributed by atoms with van der Waals surface area (Å²) in [5.41, 5.74) is 1.86. The second-order valence-corrected chi connectivity index (χ2v) is 5.69. The summed E-state index contributed by atoms with van der Waals surface area (Å²) in [6, 6.07) is 12.4. The van der Waals surface area contributed by atoms with Crippen molar-refractivity contribution < 1.29 is 14.1 Å². The molecule has 0 aliphatic carbocycles. The number of nitro benzene ring substituents is 1. The van der Waals surface area contributed by atoms with E-state index in [1.165, 1.54) is 24.3 Å². The maximum atomic E-state index is 12.8. The van der Waals surface area contributed by atoms with E-state index in [4.69, 9.17) is 0 Å². The molecule has 1 amide bonds. The molecule has 0 saturated carbocycles. The summed E-state index contributed by atoms with van der Waals surface area (Å²) in [6.45, 7) is 2.35. The number of halogens is 1. The quantitative estimate of drug-likeness (QED) is 0.617. The lowest BCUT2D eigenvalue weighted by Gasteiger charge is -2.12. The first-order valence-corrected chi connectivity index (χ1v) is 7.71. The van der Waals surface area contributed by atoms with Gasteiger partial charge in [-0.1, -0.05) is 31.2 Å². The van der Waals surface area contributed by atoms with Crippen LogP contribution in [0.2, 0.25) is 0 Å². The monoisotopic (exact) mass is 330 g/mol. The molecular formula is C18H19FN2O3. The number of hydrogen-bond acceptors (Lipinski definition) is 3. The van der Waals surface area contributed by atoms with Gasteiger partial charge in [-0.2, -0.15) is 0 Å². The van der Waals surface area contributed by atoms with Gasteiger partial charge in [0.05, 0.1) is 4.92 Å². The molecule has 0 saturated heterocycles. The Labute approximate surface area is 139 Å². The summed E-state index contributed by atoms with van der Waals surface area (Å²) in [5.74, 6) is -0.252. The van der Waals surface area contributed by atoms with Crippen molar-refractivity contribution in [3.8, 4) is 0 Å². The highest BCUT2D eigenvalue weighted by Gasteiger charge is 2.11. The Balaban J connectivity index is 1.78. The van der Waals surface area contributed by atoms with Gasteiger partial charge in [0.2, 0.25) is 5.91 Å². The molecule has 0 heterocycles. The van der Waals surface area contributed by atoms with E-state index < -0.39 is 4.92 Å². The van der Waals surface area contributed by atoms with Crippen molar-refractivity contribution in [2.45, 2.75) is 32.2 Å². The summed E-state index contributed by atoms with van der Waals surface area (Å²) in [5, 5.41) is 13.4. The van der Waals surface area contributed by atoms with Gasteiger partial charge in [0.1, 0.15) is 5.82 Å². The van der Waals surface area contributed by atoms with E-state index in [2.05, 4.69) is 5.32 Å². The Hall–Kier alpha value is -2.76. The summed E-state index contributed by atoms with van der Waals surface area (Å²) < 4.78 is 12.8. The molecule has 2 aromatic rings. The predicted octanol–water partition coefficient (Wildman–Crippen LogP) is 3.93. The van der Waals surface area contributed by atoms with Gasteiger partial charge in [-0.15, -0.1) is 0 Å². The van der Waals surface area contributed by atoms with E-state index in [0.29, 0.717) is 19.4 Å². The first kappa shape index (κ1) is 17.6. The molecular weight excluding hydrogens is 311 g/mol. The molecule has 0 fully saturated rings. The highest BCUT2D eigenvalue weighted by molar-refractivity contribution is 5.75. The minimum Gasteiger partial charge on any atom is -0.352 e. The number of benzene rings is 2. The minimum atomic E-state index is -0.433. The van der Waals surface area contributed by atoms with Gasteiger partial charge in [0.25, 0.3) is 5.69 Å². The standard InChI is InChI=1S/C18H19FN2O3/c1-13(15-5-9-17(10-6-15)21(23)24)2-11-18(22)20-12-14-3-7-16(19)8-4-14/h3-10,13H,2,11-12H2,1H3,(H,20,22). The summed E-state index contributed by atoms with van der Waals surface area (Å²) in [7, 11) is 0. The number of nitrogens with one attached hydrogen (secondary N) is 1. The van der Waals surface area contributed by atoms with Gasteiger partial charge in [0, 0.05) is 25.1 Å². The molecule has 2 aromatic carbocycles. The van der Waals surface area contributed by atoms with Gasteiger partial charge < -0.3 is 5.32 Å². The number of non-ortho nitro benzene ring substituents is 1.